The highest BCUT2D eigenvalue weighted by molar-refractivity contribution is 7.59. The van der Waals surface area contributed by atoms with E-state index in [9.17, 15) is 4.79 Å². The Bertz CT molecular complexity index is 423. The molecular weight excluding hydrogens is 250 g/mol. The van der Waals surface area contributed by atoms with Crippen molar-refractivity contribution in [3.8, 4) is 5.75 Å². The van der Waals surface area contributed by atoms with Gasteiger partial charge in [-0.25, -0.2) is 4.79 Å². The van der Waals surface area contributed by atoms with E-state index >= 15 is 0 Å². The summed E-state index contributed by atoms with van der Waals surface area (Å²) in [5.74, 6) is 0.442. The number of esters is 1. The Kier molecular flexibility index (Phi) is 5.50. The van der Waals surface area contributed by atoms with E-state index in [2.05, 4.69) is 12.2 Å². The lowest BCUT2D eigenvalue weighted by atomic mass is 10.1. The zero-order chi connectivity index (χ0) is 12.3. The molecule has 100 valence electrons. The van der Waals surface area contributed by atoms with Crippen LogP contribution >= 0.6 is 13.5 Å². The van der Waals surface area contributed by atoms with E-state index in [1.807, 2.05) is 6.07 Å². The maximum absolute atomic E-state index is 11.4. The van der Waals surface area contributed by atoms with Crippen molar-refractivity contribution in [2.45, 2.75) is 25.9 Å². The Labute approximate surface area is 114 Å². The van der Waals surface area contributed by atoms with Crippen molar-refractivity contribution in [2.75, 3.05) is 13.7 Å². The highest BCUT2D eigenvalue weighted by Gasteiger charge is 2.16. The van der Waals surface area contributed by atoms with E-state index in [1.165, 1.54) is 7.11 Å². The summed E-state index contributed by atoms with van der Waals surface area (Å²) in [7, 11) is 1.38. The van der Waals surface area contributed by atoms with Crippen LogP contribution in [0.3, 0.4) is 0 Å². The second-order valence-electron chi connectivity index (χ2n) is 4.11. The van der Waals surface area contributed by atoms with Gasteiger partial charge in [0.15, 0.2) is 0 Å². The van der Waals surface area contributed by atoms with E-state index in [0.717, 1.165) is 24.3 Å². The zero-order valence-corrected chi connectivity index (χ0v) is 11.7. The van der Waals surface area contributed by atoms with Crippen molar-refractivity contribution in [3.63, 3.8) is 0 Å². The topological polar surface area (TPSA) is 47.6 Å². The molecule has 0 spiro atoms. The third-order valence-corrected chi connectivity index (χ3v) is 3.00. The predicted molar refractivity (Wildman–Crippen MR) is 74.6 cm³/mol. The van der Waals surface area contributed by atoms with Crippen LogP contribution in [0.25, 0.3) is 0 Å². The molecule has 1 atom stereocenters. The molecule has 1 aromatic carbocycles. The molecule has 0 amide bonds. The standard InChI is InChI=1S/C13H17NO3.H2S/c1-3-11-8-17-12-6-9(13(15)16-2)4-5-10(12)7-14-11;/h4-6,11,14H,3,7-8H2,1-2H3;1H2/t11-;/m0./s1. The number of methoxy groups -OCH3 is 1. The summed E-state index contributed by atoms with van der Waals surface area (Å²) < 4.78 is 10.4. The van der Waals surface area contributed by atoms with Gasteiger partial charge < -0.3 is 14.8 Å². The minimum Gasteiger partial charge on any atom is -0.492 e. The van der Waals surface area contributed by atoms with E-state index in [0.29, 0.717) is 18.2 Å². The first-order chi connectivity index (χ1) is 8.24. The second-order valence-corrected chi connectivity index (χ2v) is 4.11. The molecular formula is C13H19NO3S. The molecule has 0 fully saturated rings. The first-order valence-electron chi connectivity index (χ1n) is 5.82. The summed E-state index contributed by atoms with van der Waals surface area (Å²) in [5.41, 5.74) is 1.61. The van der Waals surface area contributed by atoms with Crippen LogP contribution in [0.2, 0.25) is 0 Å². The number of hydrogen-bond acceptors (Lipinski definition) is 4. The smallest absolute Gasteiger partial charge is 0.337 e. The van der Waals surface area contributed by atoms with E-state index in [4.69, 9.17) is 9.47 Å². The number of nitrogens with one attached hydrogen (secondary N) is 1. The van der Waals surface area contributed by atoms with Crippen molar-refractivity contribution in [3.05, 3.63) is 29.3 Å². The van der Waals surface area contributed by atoms with Crippen molar-refractivity contribution in [1.82, 2.24) is 5.32 Å². The molecule has 18 heavy (non-hydrogen) atoms. The van der Waals surface area contributed by atoms with E-state index in [1.54, 1.807) is 12.1 Å². The zero-order valence-electron chi connectivity index (χ0n) is 10.7. The van der Waals surface area contributed by atoms with Gasteiger partial charge in [-0.3, -0.25) is 0 Å². The summed E-state index contributed by atoms with van der Waals surface area (Å²) in [6, 6.07) is 5.79. The van der Waals surface area contributed by atoms with Gasteiger partial charge in [0.2, 0.25) is 0 Å². The van der Waals surface area contributed by atoms with Crippen LogP contribution < -0.4 is 10.1 Å². The average molecular weight is 269 g/mol. The Hall–Kier alpha value is -1.20. The molecule has 0 aliphatic carbocycles. The molecule has 0 bridgehead atoms. The number of carbonyl (C=O) groups excluding carboxylic acids is 1. The van der Waals surface area contributed by atoms with E-state index in [-0.39, 0.29) is 19.5 Å². The normalized spacial score (nSPS) is 17.8. The summed E-state index contributed by atoms with van der Waals surface area (Å²) in [6.07, 6.45) is 1.03. The molecule has 0 radical (unpaired) electrons. The maximum Gasteiger partial charge on any atom is 0.337 e. The number of carbonyl (C=O) groups is 1. The molecule has 1 heterocycles. The lowest BCUT2D eigenvalue weighted by Gasteiger charge is -2.11. The van der Waals surface area contributed by atoms with Crippen LogP contribution in [-0.2, 0) is 11.3 Å². The molecule has 1 aromatic rings. The minimum absolute atomic E-state index is 0. The fourth-order valence-electron chi connectivity index (χ4n) is 1.85. The molecule has 0 saturated carbocycles. The summed E-state index contributed by atoms with van der Waals surface area (Å²) in [4.78, 5) is 11.4. The number of rotatable bonds is 2. The van der Waals surface area contributed by atoms with Gasteiger partial charge in [-0.15, -0.1) is 0 Å². The highest BCUT2D eigenvalue weighted by atomic mass is 32.1. The molecule has 5 heteroatoms. The number of benzene rings is 1. The minimum atomic E-state index is -0.333. The fraction of sp³-hybridized carbons (Fsp3) is 0.462. The van der Waals surface area contributed by atoms with Gasteiger partial charge in [0, 0.05) is 18.2 Å². The largest absolute Gasteiger partial charge is 0.492 e. The number of hydrogen-bond donors (Lipinski definition) is 1. The highest BCUT2D eigenvalue weighted by Crippen LogP contribution is 2.23. The summed E-state index contributed by atoms with van der Waals surface area (Å²) >= 11 is 0. The SMILES string of the molecule is CC[C@H]1COc2cc(C(=O)OC)ccc2CN1.S. The molecule has 2 rings (SSSR count). The average Bonchev–Trinajstić information content (AvgIpc) is 2.59. The first kappa shape index (κ1) is 14.9. The second kappa shape index (κ2) is 6.66. The van der Waals surface area contributed by atoms with Crippen molar-refractivity contribution < 1.29 is 14.3 Å². The van der Waals surface area contributed by atoms with Crippen molar-refractivity contribution >= 4 is 19.5 Å². The Morgan fingerprint density at radius 2 is 2.33 bits per heavy atom. The van der Waals surface area contributed by atoms with Gasteiger partial charge in [-0.05, 0) is 18.6 Å². The first-order valence-corrected chi connectivity index (χ1v) is 5.82. The van der Waals surface area contributed by atoms with Gasteiger partial charge in [0.1, 0.15) is 12.4 Å². The van der Waals surface area contributed by atoms with Gasteiger partial charge in [0.25, 0.3) is 0 Å². The van der Waals surface area contributed by atoms with Crippen molar-refractivity contribution in [1.29, 1.82) is 0 Å². The molecule has 0 aromatic heterocycles. The van der Waals surface area contributed by atoms with Crippen LogP contribution in [0.5, 0.6) is 5.75 Å². The number of ether oxygens (including phenoxy) is 2. The van der Waals surface area contributed by atoms with Gasteiger partial charge in [0.05, 0.1) is 12.7 Å². The van der Waals surface area contributed by atoms with Gasteiger partial charge in [-0.2, -0.15) is 13.5 Å². The fourth-order valence-corrected chi connectivity index (χ4v) is 1.85. The third kappa shape index (κ3) is 3.17. The third-order valence-electron chi connectivity index (χ3n) is 3.00. The monoisotopic (exact) mass is 269 g/mol. The van der Waals surface area contributed by atoms with Gasteiger partial charge in [-0.1, -0.05) is 13.0 Å². The molecule has 0 saturated heterocycles. The lowest BCUT2D eigenvalue weighted by Crippen LogP contribution is -2.31. The van der Waals surface area contributed by atoms with E-state index < -0.39 is 0 Å². The van der Waals surface area contributed by atoms with Gasteiger partial charge >= 0.3 is 5.97 Å². The van der Waals surface area contributed by atoms with Crippen LogP contribution in [0.4, 0.5) is 0 Å². The van der Waals surface area contributed by atoms with Crippen LogP contribution in [0, 0.1) is 0 Å². The maximum atomic E-state index is 11.4. The predicted octanol–water partition coefficient (Wildman–Crippen LogP) is 1.85. The summed E-state index contributed by atoms with van der Waals surface area (Å²) in [5, 5.41) is 3.41. The Morgan fingerprint density at radius 3 is 3.00 bits per heavy atom. The molecule has 0 unspecified atom stereocenters. The lowest BCUT2D eigenvalue weighted by molar-refractivity contribution is 0.0600. The molecule has 1 aliphatic rings. The Balaban J connectivity index is 0.00000162. The Morgan fingerprint density at radius 1 is 1.56 bits per heavy atom. The van der Waals surface area contributed by atoms with Crippen LogP contribution in [0.15, 0.2) is 18.2 Å². The molecule has 4 nitrogen and oxygen atoms in total. The quantitative estimate of drug-likeness (QED) is 0.832. The molecule has 1 aliphatic heterocycles. The van der Waals surface area contributed by atoms with Crippen LogP contribution in [-0.4, -0.2) is 25.7 Å². The number of fused-ring (bicyclic) bond motifs is 1. The molecule has 1 N–H and O–H groups in total. The van der Waals surface area contributed by atoms with Crippen molar-refractivity contribution in [2.24, 2.45) is 0 Å². The van der Waals surface area contributed by atoms with Crippen LogP contribution in [0.1, 0.15) is 29.3 Å². The summed E-state index contributed by atoms with van der Waals surface area (Å²) in [6.45, 7) is 3.53.